The lowest BCUT2D eigenvalue weighted by molar-refractivity contribution is -0.173. The van der Waals surface area contributed by atoms with Gasteiger partial charge in [0.25, 0.3) is 0 Å². The smallest absolute Gasteiger partial charge is 0.371 e. The van der Waals surface area contributed by atoms with Crippen LogP contribution in [0.4, 0.5) is 13.2 Å². The van der Waals surface area contributed by atoms with Crippen LogP contribution in [-0.4, -0.2) is 30.9 Å². The first-order valence-corrected chi connectivity index (χ1v) is 6.22. The van der Waals surface area contributed by atoms with E-state index in [0.717, 1.165) is 16.3 Å². The van der Waals surface area contributed by atoms with Gasteiger partial charge in [-0.15, -0.1) is 0 Å². The molecule has 2 aromatic rings. The third-order valence-corrected chi connectivity index (χ3v) is 2.72. The quantitative estimate of drug-likeness (QED) is 0.828. The van der Waals surface area contributed by atoms with Crippen molar-refractivity contribution in [3.05, 3.63) is 42.2 Å². The summed E-state index contributed by atoms with van der Waals surface area (Å²) in [6.07, 6.45) is -0.742. The molecule has 0 aliphatic carbocycles. The van der Waals surface area contributed by atoms with Gasteiger partial charge in [-0.2, -0.15) is 13.2 Å². The van der Waals surface area contributed by atoms with E-state index < -0.39 is 12.8 Å². The summed E-state index contributed by atoms with van der Waals surface area (Å²) in [6.45, 7) is -0.188. The zero-order valence-corrected chi connectivity index (χ0v) is 10.8. The Kier molecular flexibility index (Phi) is 4.92. The predicted molar refractivity (Wildman–Crippen MR) is 70.3 cm³/mol. The fraction of sp³-hybridized carbons (Fsp3) is 0.357. The number of ether oxygens (including phenoxy) is 1. The van der Waals surface area contributed by atoms with Crippen LogP contribution in [-0.2, 0) is 11.3 Å². The number of nitrogens with one attached hydrogen (secondary N) is 1. The molecular weight excluding hydrogens is 269 g/mol. The average Bonchev–Trinajstić information content (AvgIpc) is 2.41. The average molecular weight is 284 g/mol. The summed E-state index contributed by atoms with van der Waals surface area (Å²) in [6, 6.07) is 7.89. The molecule has 108 valence electrons. The van der Waals surface area contributed by atoms with Crippen LogP contribution in [0.25, 0.3) is 10.8 Å². The SMILES string of the molecule is FC(F)(F)COCCNCc1ccc2cnccc2c1. The molecular formula is C14H15F3N2O. The van der Waals surface area contributed by atoms with E-state index in [1.807, 2.05) is 24.3 Å². The molecule has 0 spiro atoms. The van der Waals surface area contributed by atoms with E-state index in [0.29, 0.717) is 13.1 Å². The molecule has 0 bridgehead atoms. The molecule has 1 aromatic heterocycles. The van der Waals surface area contributed by atoms with Crippen LogP contribution in [0.5, 0.6) is 0 Å². The highest BCUT2D eigenvalue weighted by molar-refractivity contribution is 5.81. The highest BCUT2D eigenvalue weighted by Crippen LogP contribution is 2.15. The molecule has 1 aromatic carbocycles. The second-order valence-electron chi connectivity index (χ2n) is 4.40. The molecule has 0 fully saturated rings. The van der Waals surface area contributed by atoms with Crippen LogP contribution >= 0.6 is 0 Å². The summed E-state index contributed by atoms with van der Waals surface area (Å²) in [5, 5.41) is 5.20. The van der Waals surface area contributed by atoms with Crippen molar-refractivity contribution in [3.63, 3.8) is 0 Å². The normalized spacial score (nSPS) is 11.9. The molecule has 6 heteroatoms. The zero-order valence-electron chi connectivity index (χ0n) is 10.8. The minimum atomic E-state index is -4.26. The summed E-state index contributed by atoms with van der Waals surface area (Å²) in [7, 11) is 0. The highest BCUT2D eigenvalue weighted by Gasteiger charge is 2.27. The van der Waals surface area contributed by atoms with Gasteiger partial charge in [0.2, 0.25) is 0 Å². The standard InChI is InChI=1S/C14H15F3N2O/c15-14(16,17)10-20-6-5-19-8-11-1-2-13-9-18-4-3-12(13)7-11/h1-4,7,9,19H,5-6,8,10H2. The number of pyridine rings is 1. The fourth-order valence-electron chi connectivity index (χ4n) is 1.81. The maximum atomic E-state index is 11.8. The van der Waals surface area contributed by atoms with Crippen molar-refractivity contribution in [2.45, 2.75) is 12.7 Å². The molecule has 0 saturated heterocycles. The van der Waals surface area contributed by atoms with Crippen molar-refractivity contribution in [2.24, 2.45) is 0 Å². The number of nitrogens with zero attached hydrogens (tertiary/aromatic N) is 1. The number of hydrogen-bond donors (Lipinski definition) is 1. The predicted octanol–water partition coefficient (Wildman–Crippen LogP) is 2.90. The van der Waals surface area contributed by atoms with Gasteiger partial charge in [0, 0.05) is 30.9 Å². The van der Waals surface area contributed by atoms with E-state index >= 15 is 0 Å². The summed E-state index contributed by atoms with van der Waals surface area (Å²) < 4.78 is 40.0. The maximum Gasteiger partial charge on any atom is 0.411 e. The molecule has 0 atom stereocenters. The number of aromatic nitrogens is 1. The Morgan fingerprint density at radius 1 is 1.15 bits per heavy atom. The Labute approximate surface area is 114 Å². The van der Waals surface area contributed by atoms with Crippen molar-refractivity contribution in [3.8, 4) is 0 Å². The van der Waals surface area contributed by atoms with Gasteiger partial charge in [0.15, 0.2) is 0 Å². The Balaban J connectivity index is 1.73. The lowest BCUT2D eigenvalue weighted by Crippen LogP contribution is -2.23. The summed E-state index contributed by atoms with van der Waals surface area (Å²) >= 11 is 0. The number of hydrogen-bond acceptors (Lipinski definition) is 3. The van der Waals surface area contributed by atoms with Crippen molar-refractivity contribution in [1.29, 1.82) is 0 Å². The number of fused-ring (bicyclic) bond motifs is 1. The molecule has 0 saturated carbocycles. The van der Waals surface area contributed by atoms with Crippen LogP contribution in [0, 0.1) is 0 Å². The van der Waals surface area contributed by atoms with Crippen LogP contribution in [0.1, 0.15) is 5.56 Å². The molecule has 0 radical (unpaired) electrons. The molecule has 2 rings (SSSR count). The van der Waals surface area contributed by atoms with Crippen LogP contribution in [0.3, 0.4) is 0 Å². The number of rotatable bonds is 6. The van der Waals surface area contributed by atoms with Crippen molar-refractivity contribution in [2.75, 3.05) is 19.8 Å². The Hall–Kier alpha value is -1.66. The van der Waals surface area contributed by atoms with E-state index in [1.54, 1.807) is 12.4 Å². The fourth-order valence-corrected chi connectivity index (χ4v) is 1.81. The molecule has 20 heavy (non-hydrogen) atoms. The highest BCUT2D eigenvalue weighted by atomic mass is 19.4. The van der Waals surface area contributed by atoms with Crippen molar-refractivity contribution >= 4 is 10.8 Å². The first-order chi connectivity index (χ1) is 9.54. The van der Waals surface area contributed by atoms with E-state index in [2.05, 4.69) is 15.0 Å². The van der Waals surface area contributed by atoms with Crippen molar-refractivity contribution in [1.82, 2.24) is 10.3 Å². The minimum Gasteiger partial charge on any atom is -0.371 e. The summed E-state index contributed by atoms with van der Waals surface area (Å²) in [5.41, 5.74) is 1.07. The number of alkyl halides is 3. The van der Waals surface area contributed by atoms with Gasteiger partial charge in [-0.1, -0.05) is 12.1 Å². The van der Waals surface area contributed by atoms with Gasteiger partial charge in [0.1, 0.15) is 6.61 Å². The van der Waals surface area contributed by atoms with Gasteiger partial charge in [-0.05, 0) is 23.1 Å². The van der Waals surface area contributed by atoms with Gasteiger partial charge < -0.3 is 10.1 Å². The van der Waals surface area contributed by atoms with Crippen molar-refractivity contribution < 1.29 is 17.9 Å². The third kappa shape index (κ3) is 4.79. The third-order valence-electron chi connectivity index (χ3n) is 2.72. The second kappa shape index (κ2) is 6.67. The van der Waals surface area contributed by atoms with Crippen LogP contribution in [0.15, 0.2) is 36.7 Å². The molecule has 0 amide bonds. The van der Waals surface area contributed by atoms with Gasteiger partial charge in [0.05, 0.1) is 6.61 Å². The van der Waals surface area contributed by atoms with E-state index in [4.69, 9.17) is 0 Å². The molecule has 1 N–H and O–H groups in total. The molecule has 0 unspecified atom stereocenters. The van der Waals surface area contributed by atoms with E-state index in [9.17, 15) is 13.2 Å². The molecule has 3 nitrogen and oxygen atoms in total. The summed E-state index contributed by atoms with van der Waals surface area (Å²) in [5.74, 6) is 0. The van der Waals surface area contributed by atoms with Crippen LogP contribution < -0.4 is 5.32 Å². The maximum absolute atomic E-state index is 11.8. The van der Waals surface area contributed by atoms with E-state index in [-0.39, 0.29) is 6.61 Å². The molecule has 0 aliphatic rings. The van der Waals surface area contributed by atoms with Crippen LogP contribution in [0.2, 0.25) is 0 Å². The van der Waals surface area contributed by atoms with E-state index in [1.165, 1.54) is 0 Å². The monoisotopic (exact) mass is 284 g/mol. The zero-order chi connectivity index (χ0) is 14.4. The second-order valence-corrected chi connectivity index (χ2v) is 4.40. The minimum absolute atomic E-state index is 0.0387. The van der Waals surface area contributed by atoms with Gasteiger partial charge in [-0.3, -0.25) is 4.98 Å². The largest absolute Gasteiger partial charge is 0.411 e. The number of halogens is 3. The Morgan fingerprint density at radius 2 is 2.00 bits per heavy atom. The summed E-state index contributed by atoms with van der Waals surface area (Å²) in [4.78, 5) is 4.03. The Bertz CT molecular complexity index is 557. The molecule has 1 heterocycles. The lowest BCUT2D eigenvalue weighted by atomic mass is 10.1. The first kappa shape index (κ1) is 14.7. The first-order valence-electron chi connectivity index (χ1n) is 6.22. The molecule has 0 aliphatic heterocycles. The Morgan fingerprint density at radius 3 is 2.80 bits per heavy atom. The van der Waals surface area contributed by atoms with Gasteiger partial charge >= 0.3 is 6.18 Å². The number of benzene rings is 1. The topological polar surface area (TPSA) is 34.1 Å². The lowest BCUT2D eigenvalue weighted by Gasteiger charge is -2.09. The van der Waals surface area contributed by atoms with Gasteiger partial charge in [-0.25, -0.2) is 0 Å².